The van der Waals surface area contributed by atoms with Gasteiger partial charge in [0.15, 0.2) is 0 Å². The molecule has 1 unspecified atom stereocenters. The van der Waals surface area contributed by atoms with E-state index in [2.05, 4.69) is 5.32 Å². The normalized spacial score (nSPS) is 16.2. The second-order valence-corrected chi connectivity index (χ2v) is 7.61. The maximum absolute atomic E-state index is 12.7. The highest BCUT2D eigenvalue weighted by molar-refractivity contribution is 6.34. The monoisotopic (exact) mass is 419 g/mol. The van der Waals surface area contributed by atoms with Crippen LogP contribution in [0.1, 0.15) is 16.8 Å². The molecule has 1 atom stereocenters. The number of hydrogen-bond donors (Lipinski definition) is 1. The second kappa shape index (κ2) is 8.20. The molecule has 28 heavy (non-hydrogen) atoms. The summed E-state index contributed by atoms with van der Waals surface area (Å²) in [7, 11) is 3.25. The van der Waals surface area contributed by atoms with Crippen LogP contribution < -0.4 is 10.2 Å². The molecule has 1 N–H and O–H groups in total. The third-order valence-corrected chi connectivity index (χ3v) is 5.09. The molecule has 0 radical (unpaired) electrons. The van der Waals surface area contributed by atoms with Crippen molar-refractivity contribution in [3.8, 4) is 0 Å². The van der Waals surface area contributed by atoms with Gasteiger partial charge >= 0.3 is 0 Å². The highest BCUT2D eigenvalue weighted by atomic mass is 35.5. The van der Waals surface area contributed by atoms with Gasteiger partial charge in [0.2, 0.25) is 11.8 Å². The van der Waals surface area contributed by atoms with Crippen LogP contribution in [0.2, 0.25) is 10.0 Å². The molecule has 1 heterocycles. The zero-order valence-electron chi connectivity index (χ0n) is 15.4. The third kappa shape index (κ3) is 4.29. The Morgan fingerprint density at radius 1 is 1.11 bits per heavy atom. The molecule has 0 spiro atoms. The van der Waals surface area contributed by atoms with Crippen LogP contribution in [0.5, 0.6) is 0 Å². The van der Waals surface area contributed by atoms with Gasteiger partial charge in [-0.2, -0.15) is 0 Å². The van der Waals surface area contributed by atoms with Crippen LogP contribution in [-0.4, -0.2) is 43.3 Å². The summed E-state index contributed by atoms with van der Waals surface area (Å²) in [5.74, 6) is -1.16. The maximum Gasteiger partial charge on any atom is 0.254 e. The summed E-state index contributed by atoms with van der Waals surface area (Å²) in [4.78, 5) is 40.2. The number of benzene rings is 2. The molecule has 3 rings (SSSR count). The number of rotatable bonds is 4. The van der Waals surface area contributed by atoms with Crippen LogP contribution in [0.25, 0.3) is 0 Å². The van der Waals surface area contributed by atoms with Gasteiger partial charge in [0.05, 0.1) is 16.5 Å². The first-order chi connectivity index (χ1) is 13.3. The highest BCUT2D eigenvalue weighted by Gasteiger charge is 2.35. The lowest BCUT2D eigenvalue weighted by Crippen LogP contribution is -2.28. The molecule has 146 valence electrons. The lowest BCUT2D eigenvalue weighted by molar-refractivity contribution is -0.122. The smallest absolute Gasteiger partial charge is 0.254 e. The Morgan fingerprint density at radius 2 is 1.79 bits per heavy atom. The van der Waals surface area contributed by atoms with Crippen LogP contribution in [0.3, 0.4) is 0 Å². The summed E-state index contributed by atoms with van der Waals surface area (Å²) in [6.07, 6.45) is 0.117. The molecule has 6 nitrogen and oxygen atoms in total. The van der Waals surface area contributed by atoms with Crippen molar-refractivity contribution in [3.63, 3.8) is 0 Å². The van der Waals surface area contributed by atoms with Crippen molar-refractivity contribution < 1.29 is 14.4 Å². The number of anilines is 2. The third-order valence-electron chi connectivity index (χ3n) is 4.50. The number of carbonyl (C=O) groups excluding carboxylic acids is 3. The van der Waals surface area contributed by atoms with E-state index in [0.29, 0.717) is 27.0 Å². The topological polar surface area (TPSA) is 69.7 Å². The fraction of sp³-hybridized carbons (Fsp3) is 0.250. The molecular weight excluding hydrogens is 401 g/mol. The minimum atomic E-state index is -0.494. The van der Waals surface area contributed by atoms with E-state index in [1.807, 2.05) is 0 Å². The molecule has 8 heteroatoms. The Labute approximate surface area is 173 Å². The average Bonchev–Trinajstić information content (AvgIpc) is 3.05. The van der Waals surface area contributed by atoms with E-state index in [4.69, 9.17) is 23.2 Å². The number of halogens is 2. The van der Waals surface area contributed by atoms with Crippen molar-refractivity contribution in [2.75, 3.05) is 30.9 Å². The van der Waals surface area contributed by atoms with Gasteiger partial charge in [0, 0.05) is 43.5 Å². The minimum Gasteiger partial charge on any atom is -0.345 e. The van der Waals surface area contributed by atoms with Crippen LogP contribution in [0, 0.1) is 5.92 Å². The van der Waals surface area contributed by atoms with Gasteiger partial charge in [-0.1, -0.05) is 23.2 Å². The van der Waals surface area contributed by atoms with Crippen molar-refractivity contribution in [2.24, 2.45) is 5.92 Å². The lowest BCUT2D eigenvalue weighted by atomic mass is 10.1. The van der Waals surface area contributed by atoms with Gasteiger partial charge < -0.3 is 15.1 Å². The molecule has 0 bridgehead atoms. The van der Waals surface area contributed by atoms with E-state index < -0.39 is 5.92 Å². The number of amides is 3. The van der Waals surface area contributed by atoms with Crippen molar-refractivity contribution >= 4 is 52.3 Å². The Balaban J connectivity index is 1.72. The lowest BCUT2D eigenvalue weighted by Gasteiger charge is -2.17. The van der Waals surface area contributed by atoms with Crippen molar-refractivity contribution in [2.45, 2.75) is 6.42 Å². The number of carbonyl (C=O) groups is 3. The Bertz CT molecular complexity index is 929. The molecule has 1 fully saturated rings. The van der Waals surface area contributed by atoms with Gasteiger partial charge in [-0.15, -0.1) is 0 Å². The van der Waals surface area contributed by atoms with Crippen LogP contribution >= 0.6 is 23.2 Å². The van der Waals surface area contributed by atoms with Gasteiger partial charge in [-0.3, -0.25) is 14.4 Å². The Morgan fingerprint density at radius 3 is 2.43 bits per heavy atom. The van der Waals surface area contributed by atoms with E-state index in [9.17, 15) is 14.4 Å². The predicted molar refractivity (Wildman–Crippen MR) is 110 cm³/mol. The van der Waals surface area contributed by atoms with Gasteiger partial charge in [-0.25, -0.2) is 0 Å². The zero-order chi connectivity index (χ0) is 20.4. The Hall–Kier alpha value is -2.57. The molecule has 2 aromatic rings. The molecule has 2 aromatic carbocycles. The predicted octanol–water partition coefficient (Wildman–Crippen LogP) is 3.69. The molecule has 1 aliphatic rings. The summed E-state index contributed by atoms with van der Waals surface area (Å²) in [6, 6.07) is 11.6. The summed E-state index contributed by atoms with van der Waals surface area (Å²) < 4.78 is 0. The molecule has 0 aromatic heterocycles. The maximum atomic E-state index is 12.7. The van der Waals surface area contributed by atoms with Crippen molar-refractivity contribution in [3.05, 3.63) is 58.1 Å². The summed E-state index contributed by atoms with van der Waals surface area (Å²) >= 11 is 12.0. The zero-order valence-corrected chi connectivity index (χ0v) is 16.9. The first-order valence-electron chi connectivity index (χ1n) is 8.64. The number of nitrogens with one attached hydrogen (secondary N) is 1. The van der Waals surface area contributed by atoms with Crippen molar-refractivity contribution in [1.29, 1.82) is 0 Å². The summed E-state index contributed by atoms with van der Waals surface area (Å²) in [5.41, 5.74) is 1.46. The van der Waals surface area contributed by atoms with Gasteiger partial charge in [-0.05, 0) is 42.5 Å². The summed E-state index contributed by atoms with van der Waals surface area (Å²) in [6.45, 7) is 0.281. The van der Waals surface area contributed by atoms with Crippen molar-refractivity contribution in [1.82, 2.24) is 4.90 Å². The SMILES string of the molecule is CN(C)C(=O)c1cc(NC(=O)C2CC(=O)N(c3ccc(Cl)cc3)C2)ccc1Cl. The molecular formula is C20H19Cl2N3O3. The second-order valence-electron chi connectivity index (χ2n) is 6.77. The van der Waals surface area contributed by atoms with E-state index >= 15 is 0 Å². The minimum absolute atomic E-state index is 0.117. The number of nitrogens with zero attached hydrogens (tertiary/aromatic N) is 2. The van der Waals surface area contributed by atoms with E-state index in [0.717, 1.165) is 0 Å². The first kappa shape index (κ1) is 20.2. The molecule has 0 saturated carbocycles. The average molecular weight is 420 g/mol. The van der Waals surface area contributed by atoms with Gasteiger partial charge in [0.25, 0.3) is 5.91 Å². The largest absolute Gasteiger partial charge is 0.345 e. The Kier molecular flexibility index (Phi) is 5.91. The highest BCUT2D eigenvalue weighted by Crippen LogP contribution is 2.28. The van der Waals surface area contributed by atoms with Crippen LogP contribution in [0.15, 0.2) is 42.5 Å². The summed E-state index contributed by atoms with van der Waals surface area (Å²) in [5, 5.41) is 3.66. The van der Waals surface area contributed by atoms with E-state index in [-0.39, 0.29) is 30.7 Å². The van der Waals surface area contributed by atoms with Gasteiger partial charge in [0.1, 0.15) is 0 Å². The van der Waals surface area contributed by atoms with E-state index in [1.54, 1.807) is 55.4 Å². The fourth-order valence-corrected chi connectivity index (χ4v) is 3.33. The molecule has 0 aliphatic carbocycles. The molecule has 1 aliphatic heterocycles. The molecule has 1 saturated heterocycles. The van der Waals surface area contributed by atoms with Crippen LogP contribution in [-0.2, 0) is 9.59 Å². The fourth-order valence-electron chi connectivity index (χ4n) is 3.01. The molecule has 3 amide bonds. The number of hydrogen-bond acceptors (Lipinski definition) is 3. The first-order valence-corrected chi connectivity index (χ1v) is 9.40. The quantitative estimate of drug-likeness (QED) is 0.821. The van der Waals surface area contributed by atoms with E-state index in [1.165, 1.54) is 11.0 Å². The van der Waals surface area contributed by atoms with Crippen LogP contribution in [0.4, 0.5) is 11.4 Å². The standard InChI is InChI=1S/C20H19Cl2N3O3/c1-24(2)20(28)16-10-14(5-8-17(16)22)23-19(27)12-9-18(26)25(11-12)15-6-3-13(21)4-7-15/h3-8,10,12H,9,11H2,1-2H3,(H,23,27).